The highest BCUT2D eigenvalue weighted by Gasteiger charge is 2.06. The first-order chi connectivity index (χ1) is 9.44. The van der Waals surface area contributed by atoms with Crippen molar-refractivity contribution in [3.63, 3.8) is 0 Å². The minimum Gasteiger partial charge on any atom is -0.486 e. The van der Waals surface area contributed by atoms with Crippen LogP contribution in [0.15, 0.2) is 29.1 Å². The summed E-state index contributed by atoms with van der Waals surface area (Å²) in [6, 6.07) is 7.09. The Morgan fingerprint density at radius 3 is 2.50 bits per heavy atom. The molecule has 0 fully saturated rings. The summed E-state index contributed by atoms with van der Waals surface area (Å²) in [7, 11) is 0. The lowest BCUT2D eigenvalue weighted by Crippen LogP contribution is -2.18. The molecule has 5 nitrogen and oxygen atoms in total. The molecule has 0 bridgehead atoms. The molecular weight excluding hydrogens is 254 g/mol. The van der Waals surface area contributed by atoms with E-state index in [9.17, 15) is 4.79 Å². The van der Waals surface area contributed by atoms with Crippen LogP contribution in [-0.2, 0) is 6.61 Å². The molecule has 0 saturated heterocycles. The number of H-pyrrole nitrogens is 1. The van der Waals surface area contributed by atoms with Crippen LogP contribution in [0.3, 0.4) is 0 Å². The highest BCUT2D eigenvalue weighted by atomic mass is 16.5. The van der Waals surface area contributed by atoms with Crippen molar-refractivity contribution in [3.05, 3.63) is 57.3 Å². The van der Waals surface area contributed by atoms with Gasteiger partial charge in [-0.15, -0.1) is 0 Å². The van der Waals surface area contributed by atoms with Crippen LogP contribution in [-0.4, -0.2) is 9.97 Å². The van der Waals surface area contributed by atoms with Gasteiger partial charge in [-0.1, -0.05) is 6.07 Å². The Morgan fingerprint density at radius 1 is 1.25 bits per heavy atom. The minimum absolute atomic E-state index is 0.207. The van der Waals surface area contributed by atoms with Crippen molar-refractivity contribution in [2.24, 2.45) is 5.73 Å². The van der Waals surface area contributed by atoms with Gasteiger partial charge < -0.3 is 15.5 Å². The molecule has 1 heterocycles. The summed E-state index contributed by atoms with van der Waals surface area (Å²) in [5, 5.41) is 0. The molecule has 0 spiro atoms. The average Bonchev–Trinajstić information content (AvgIpc) is 2.34. The van der Waals surface area contributed by atoms with E-state index in [1.54, 1.807) is 6.92 Å². The molecule has 1 unspecified atom stereocenters. The first-order valence-corrected chi connectivity index (χ1v) is 6.51. The van der Waals surface area contributed by atoms with Crippen LogP contribution < -0.4 is 16.0 Å². The number of nitrogens with zero attached hydrogens (tertiary/aromatic N) is 1. The van der Waals surface area contributed by atoms with Crippen molar-refractivity contribution in [3.8, 4) is 5.75 Å². The summed E-state index contributed by atoms with van der Waals surface area (Å²) in [5.74, 6) is 1.24. The fourth-order valence-electron chi connectivity index (χ4n) is 2.00. The third-order valence-corrected chi connectivity index (χ3v) is 2.85. The van der Waals surface area contributed by atoms with Crippen LogP contribution in [0, 0.1) is 13.8 Å². The second-order valence-corrected chi connectivity index (χ2v) is 5.02. The van der Waals surface area contributed by atoms with Crippen molar-refractivity contribution in [1.82, 2.24) is 9.97 Å². The van der Waals surface area contributed by atoms with E-state index < -0.39 is 0 Å². The van der Waals surface area contributed by atoms with Gasteiger partial charge in [0, 0.05) is 12.1 Å². The number of aromatic amines is 1. The van der Waals surface area contributed by atoms with E-state index >= 15 is 0 Å². The van der Waals surface area contributed by atoms with E-state index in [1.807, 2.05) is 26.0 Å². The van der Waals surface area contributed by atoms with E-state index in [-0.39, 0.29) is 18.2 Å². The van der Waals surface area contributed by atoms with E-state index in [0.29, 0.717) is 11.5 Å². The summed E-state index contributed by atoms with van der Waals surface area (Å²) in [6.45, 7) is 6.02. The van der Waals surface area contributed by atoms with Gasteiger partial charge in [0.1, 0.15) is 18.2 Å². The lowest BCUT2D eigenvalue weighted by molar-refractivity contribution is 0.294. The van der Waals surface area contributed by atoms with Crippen molar-refractivity contribution < 1.29 is 4.74 Å². The Morgan fingerprint density at radius 2 is 1.90 bits per heavy atom. The van der Waals surface area contributed by atoms with Gasteiger partial charge in [-0.25, -0.2) is 4.98 Å². The number of rotatable bonds is 4. The van der Waals surface area contributed by atoms with Crippen molar-refractivity contribution in [2.75, 3.05) is 0 Å². The molecule has 1 atom stereocenters. The Kier molecular flexibility index (Phi) is 4.20. The fourth-order valence-corrected chi connectivity index (χ4v) is 2.00. The minimum atomic E-state index is -0.280. The molecule has 0 amide bonds. The maximum atomic E-state index is 11.5. The van der Waals surface area contributed by atoms with Crippen LogP contribution >= 0.6 is 0 Å². The second kappa shape index (κ2) is 5.88. The van der Waals surface area contributed by atoms with Gasteiger partial charge in [-0.3, -0.25) is 4.79 Å². The molecule has 3 N–H and O–H groups in total. The van der Waals surface area contributed by atoms with Crippen LogP contribution in [0.1, 0.15) is 35.6 Å². The number of hydrogen-bond donors (Lipinski definition) is 2. The predicted octanol–water partition coefficient (Wildman–Crippen LogP) is 1.99. The van der Waals surface area contributed by atoms with Crippen molar-refractivity contribution >= 4 is 0 Å². The van der Waals surface area contributed by atoms with Gasteiger partial charge in [0.2, 0.25) is 0 Å². The second-order valence-electron chi connectivity index (χ2n) is 5.02. The number of hydrogen-bond acceptors (Lipinski definition) is 4. The molecule has 0 aliphatic heterocycles. The molecule has 1 aromatic carbocycles. The lowest BCUT2D eigenvalue weighted by Gasteiger charge is -2.09. The van der Waals surface area contributed by atoms with Gasteiger partial charge in [0.05, 0.1) is 5.69 Å². The Bertz CT molecular complexity index is 642. The number of nitrogens with one attached hydrogen (secondary N) is 1. The predicted molar refractivity (Wildman–Crippen MR) is 77.7 cm³/mol. The number of aryl methyl sites for hydroxylation is 2. The molecule has 1 aromatic heterocycles. The summed E-state index contributed by atoms with van der Waals surface area (Å²) in [6.07, 6.45) is 0. The first kappa shape index (κ1) is 14.3. The SMILES string of the molecule is Cc1cc(C)cc(OCc2nc(C(C)N)cc(=O)[nH]2)c1. The van der Waals surface area contributed by atoms with Crippen LogP contribution in [0.4, 0.5) is 0 Å². The van der Waals surface area contributed by atoms with E-state index in [1.165, 1.54) is 6.07 Å². The topological polar surface area (TPSA) is 81.0 Å². The third kappa shape index (κ3) is 3.68. The molecule has 106 valence electrons. The Labute approximate surface area is 117 Å². The first-order valence-electron chi connectivity index (χ1n) is 6.51. The quantitative estimate of drug-likeness (QED) is 0.892. The molecule has 2 rings (SSSR count). The zero-order valence-electron chi connectivity index (χ0n) is 11.9. The third-order valence-electron chi connectivity index (χ3n) is 2.85. The molecule has 0 aliphatic carbocycles. The number of ether oxygens (including phenoxy) is 1. The largest absolute Gasteiger partial charge is 0.486 e. The molecule has 0 aliphatic rings. The van der Waals surface area contributed by atoms with Crippen LogP contribution in [0.25, 0.3) is 0 Å². The molecule has 20 heavy (non-hydrogen) atoms. The number of nitrogens with two attached hydrogens (primary N) is 1. The number of aromatic nitrogens is 2. The molecule has 0 radical (unpaired) electrons. The van der Waals surface area contributed by atoms with E-state index in [0.717, 1.165) is 16.9 Å². The number of benzene rings is 1. The summed E-state index contributed by atoms with van der Waals surface area (Å²) in [4.78, 5) is 18.5. The Balaban J connectivity index is 2.16. The highest BCUT2D eigenvalue weighted by molar-refractivity contribution is 5.33. The van der Waals surface area contributed by atoms with Crippen LogP contribution in [0.2, 0.25) is 0 Å². The fraction of sp³-hybridized carbons (Fsp3) is 0.333. The van der Waals surface area contributed by atoms with Gasteiger partial charge in [-0.05, 0) is 44.0 Å². The maximum Gasteiger partial charge on any atom is 0.251 e. The van der Waals surface area contributed by atoms with Crippen molar-refractivity contribution in [2.45, 2.75) is 33.4 Å². The molecule has 5 heteroatoms. The van der Waals surface area contributed by atoms with Gasteiger partial charge in [0.15, 0.2) is 0 Å². The normalized spacial score (nSPS) is 12.2. The molecule has 2 aromatic rings. The van der Waals surface area contributed by atoms with E-state index in [4.69, 9.17) is 10.5 Å². The van der Waals surface area contributed by atoms with Gasteiger partial charge in [-0.2, -0.15) is 0 Å². The molecular formula is C15H19N3O2. The summed E-state index contributed by atoms with van der Waals surface area (Å²) in [5.41, 5.74) is 8.35. The zero-order chi connectivity index (χ0) is 14.7. The van der Waals surface area contributed by atoms with E-state index in [2.05, 4.69) is 16.0 Å². The van der Waals surface area contributed by atoms with Gasteiger partial charge in [0.25, 0.3) is 5.56 Å². The zero-order valence-corrected chi connectivity index (χ0v) is 11.9. The monoisotopic (exact) mass is 273 g/mol. The van der Waals surface area contributed by atoms with Crippen molar-refractivity contribution in [1.29, 1.82) is 0 Å². The molecule has 0 saturated carbocycles. The lowest BCUT2D eigenvalue weighted by atomic mass is 10.1. The Hall–Kier alpha value is -2.14. The average molecular weight is 273 g/mol. The van der Waals surface area contributed by atoms with Crippen LogP contribution in [0.5, 0.6) is 5.75 Å². The smallest absolute Gasteiger partial charge is 0.251 e. The standard InChI is InChI=1S/C15H19N3O2/c1-9-4-10(2)6-12(5-9)20-8-14-17-13(11(3)16)7-15(19)18-14/h4-7,11H,8,16H2,1-3H3,(H,17,18,19). The maximum absolute atomic E-state index is 11.5. The summed E-state index contributed by atoms with van der Waals surface area (Å²) < 4.78 is 5.67. The summed E-state index contributed by atoms with van der Waals surface area (Å²) >= 11 is 0. The highest BCUT2D eigenvalue weighted by Crippen LogP contribution is 2.17. The van der Waals surface area contributed by atoms with Gasteiger partial charge >= 0.3 is 0 Å².